The van der Waals surface area contributed by atoms with Gasteiger partial charge in [0.05, 0.1) is 21.9 Å². The second-order valence-electron chi connectivity index (χ2n) is 5.03. The number of rotatable bonds is 3. The van der Waals surface area contributed by atoms with E-state index in [-0.39, 0.29) is 5.92 Å². The zero-order valence-electron chi connectivity index (χ0n) is 10.9. The van der Waals surface area contributed by atoms with E-state index in [2.05, 4.69) is 15.4 Å². The smallest absolute Gasteiger partial charge is 0.185 e. The van der Waals surface area contributed by atoms with Crippen LogP contribution in [0, 0.1) is 12.8 Å². The van der Waals surface area contributed by atoms with Crippen LogP contribution in [0.1, 0.15) is 12.1 Å². The van der Waals surface area contributed by atoms with Gasteiger partial charge >= 0.3 is 0 Å². The van der Waals surface area contributed by atoms with Crippen LogP contribution in [0.15, 0.2) is 0 Å². The van der Waals surface area contributed by atoms with Gasteiger partial charge in [0.15, 0.2) is 20.6 Å². The standard InChI is InChI=1S/C11H16N4O2S2/c1-7-9-10(15(2)14-7)13-11(18-9)12-5-8-3-4-19(16,17)6-8/h8H,3-6H2,1-2H3,(H,12,13). The topological polar surface area (TPSA) is 76.9 Å². The van der Waals surface area contributed by atoms with Gasteiger partial charge in [-0.3, -0.25) is 0 Å². The van der Waals surface area contributed by atoms with Gasteiger partial charge in [0.2, 0.25) is 0 Å². The SMILES string of the molecule is Cc1nn(C)c2nc(NCC3CCS(=O)(=O)C3)sc12. The average molecular weight is 300 g/mol. The largest absolute Gasteiger partial charge is 0.361 e. The van der Waals surface area contributed by atoms with E-state index in [4.69, 9.17) is 0 Å². The molecule has 0 aliphatic carbocycles. The molecule has 2 aromatic heterocycles. The highest BCUT2D eigenvalue weighted by molar-refractivity contribution is 7.91. The number of sulfone groups is 1. The molecule has 0 saturated carbocycles. The Kier molecular flexibility index (Phi) is 3.01. The van der Waals surface area contributed by atoms with Gasteiger partial charge in [-0.1, -0.05) is 11.3 Å². The van der Waals surface area contributed by atoms with Gasteiger partial charge in [0, 0.05) is 13.6 Å². The summed E-state index contributed by atoms with van der Waals surface area (Å²) in [6, 6.07) is 0. The van der Waals surface area contributed by atoms with Crippen LogP contribution >= 0.6 is 11.3 Å². The van der Waals surface area contributed by atoms with E-state index in [9.17, 15) is 8.42 Å². The van der Waals surface area contributed by atoms with Gasteiger partial charge in [-0.2, -0.15) is 5.10 Å². The second-order valence-corrected chi connectivity index (χ2v) is 8.26. The van der Waals surface area contributed by atoms with Crippen LogP contribution in [0.4, 0.5) is 5.13 Å². The molecule has 1 aliphatic heterocycles. The molecule has 1 fully saturated rings. The van der Waals surface area contributed by atoms with E-state index in [1.165, 1.54) is 0 Å². The minimum Gasteiger partial charge on any atom is -0.361 e. The molecule has 1 unspecified atom stereocenters. The lowest BCUT2D eigenvalue weighted by atomic mass is 10.1. The Balaban J connectivity index is 1.71. The molecule has 104 valence electrons. The summed E-state index contributed by atoms with van der Waals surface area (Å²) in [4.78, 5) is 4.49. The first-order valence-corrected chi connectivity index (χ1v) is 8.83. The van der Waals surface area contributed by atoms with Crippen molar-refractivity contribution in [3.05, 3.63) is 5.69 Å². The van der Waals surface area contributed by atoms with Crippen LogP contribution in [0.25, 0.3) is 10.3 Å². The van der Waals surface area contributed by atoms with Gasteiger partial charge in [-0.05, 0) is 19.3 Å². The van der Waals surface area contributed by atoms with Crippen molar-refractivity contribution in [1.82, 2.24) is 14.8 Å². The molecule has 1 aliphatic rings. The fourth-order valence-corrected chi connectivity index (χ4v) is 5.23. The molecule has 2 aromatic rings. The average Bonchev–Trinajstić information content (AvgIpc) is 2.95. The molecular formula is C11H16N4O2S2. The summed E-state index contributed by atoms with van der Waals surface area (Å²) in [5.74, 6) is 0.824. The van der Waals surface area contributed by atoms with Crippen molar-refractivity contribution in [3.8, 4) is 0 Å². The van der Waals surface area contributed by atoms with E-state index in [1.54, 1.807) is 16.0 Å². The molecular weight excluding hydrogens is 284 g/mol. The lowest BCUT2D eigenvalue weighted by Crippen LogP contribution is -2.15. The quantitative estimate of drug-likeness (QED) is 0.921. The number of anilines is 1. The van der Waals surface area contributed by atoms with Crippen LogP contribution in [-0.2, 0) is 16.9 Å². The van der Waals surface area contributed by atoms with Gasteiger partial charge < -0.3 is 5.32 Å². The minimum atomic E-state index is -2.80. The van der Waals surface area contributed by atoms with Crippen molar-refractivity contribution < 1.29 is 8.42 Å². The summed E-state index contributed by atoms with van der Waals surface area (Å²) in [5.41, 5.74) is 1.86. The molecule has 0 bridgehead atoms. The van der Waals surface area contributed by atoms with E-state index in [1.807, 2.05) is 14.0 Å². The van der Waals surface area contributed by atoms with Crippen molar-refractivity contribution in [3.63, 3.8) is 0 Å². The van der Waals surface area contributed by atoms with Crippen LogP contribution in [0.2, 0.25) is 0 Å². The molecule has 3 heterocycles. The first-order chi connectivity index (χ1) is 8.94. The van der Waals surface area contributed by atoms with Gasteiger partial charge in [-0.15, -0.1) is 0 Å². The molecule has 0 amide bonds. The maximum Gasteiger partial charge on any atom is 0.185 e. The summed E-state index contributed by atoms with van der Waals surface area (Å²) in [7, 11) is -0.921. The molecule has 19 heavy (non-hydrogen) atoms. The Morgan fingerprint density at radius 1 is 1.53 bits per heavy atom. The Labute approximate surface area is 115 Å². The van der Waals surface area contributed by atoms with Crippen LogP contribution in [0.5, 0.6) is 0 Å². The maximum absolute atomic E-state index is 11.4. The second kappa shape index (κ2) is 4.45. The first-order valence-electron chi connectivity index (χ1n) is 6.19. The van der Waals surface area contributed by atoms with Crippen molar-refractivity contribution in [1.29, 1.82) is 0 Å². The molecule has 0 spiro atoms. The van der Waals surface area contributed by atoms with Crippen molar-refractivity contribution >= 4 is 36.7 Å². The summed E-state index contributed by atoms with van der Waals surface area (Å²) >= 11 is 1.57. The third-order valence-electron chi connectivity index (χ3n) is 3.41. The van der Waals surface area contributed by atoms with E-state index < -0.39 is 9.84 Å². The predicted molar refractivity (Wildman–Crippen MR) is 76.4 cm³/mol. The number of thiazole rings is 1. The summed E-state index contributed by atoms with van der Waals surface area (Å²) in [6.07, 6.45) is 0.751. The number of nitrogens with zero attached hydrogens (tertiary/aromatic N) is 3. The molecule has 0 radical (unpaired) electrons. The van der Waals surface area contributed by atoms with Gasteiger partial charge in [0.25, 0.3) is 0 Å². The third kappa shape index (κ3) is 2.46. The Hall–Kier alpha value is -1.15. The highest BCUT2D eigenvalue weighted by Gasteiger charge is 2.27. The number of hydrogen-bond donors (Lipinski definition) is 1. The van der Waals surface area contributed by atoms with Crippen molar-refractivity contribution in [2.45, 2.75) is 13.3 Å². The van der Waals surface area contributed by atoms with E-state index >= 15 is 0 Å². The molecule has 1 atom stereocenters. The molecule has 6 nitrogen and oxygen atoms in total. The highest BCUT2D eigenvalue weighted by Crippen LogP contribution is 2.28. The van der Waals surface area contributed by atoms with Crippen LogP contribution < -0.4 is 5.32 Å². The molecule has 3 rings (SSSR count). The number of nitrogens with one attached hydrogen (secondary N) is 1. The van der Waals surface area contributed by atoms with E-state index in [0.29, 0.717) is 18.1 Å². The third-order valence-corrected chi connectivity index (χ3v) is 6.36. The number of aryl methyl sites for hydroxylation is 2. The maximum atomic E-state index is 11.4. The fourth-order valence-electron chi connectivity index (χ4n) is 2.43. The monoisotopic (exact) mass is 300 g/mol. The Morgan fingerprint density at radius 2 is 2.32 bits per heavy atom. The van der Waals surface area contributed by atoms with Crippen molar-refractivity contribution in [2.75, 3.05) is 23.4 Å². The number of aromatic nitrogens is 3. The highest BCUT2D eigenvalue weighted by atomic mass is 32.2. The zero-order chi connectivity index (χ0) is 13.6. The molecule has 1 saturated heterocycles. The lowest BCUT2D eigenvalue weighted by molar-refractivity contribution is 0.596. The summed E-state index contributed by atoms with van der Waals surface area (Å²) in [5, 5.41) is 8.40. The molecule has 1 N–H and O–H groups in total. The molecule has 0 aromatic carbocycles. The number of fused-ring (bicyclic) bond motifs is 1. The van der Waals surface area contributed by atoms with Crippen LogP contribution in [-0.4, -0.2) is 41.2 Å². The fraction of sp³-hybridized carbons (Fsp3) is 0.636. The van der Waals surface area contributed by atoms with Crippen molar-refractivity contribution in [2.24, 2.45) is 13.0 Å². The van der Waals surface area contributed by atoms with Gasteiger partial charge in [0.1, 0.15) is 0 Å². The van der Waals surface area contributed by atoms with Gasteiger partial charge in [-0.25, -0.2) is 18.1 Å². The zero-order valence-corrected chi connectivity index (χ0v) is 12.5. The van der Waals surface area contributed by atoms with E-state index in [0.717, 1.165) is 27.6 Å². The first kappa shape index (κ1) is 12.9. The summed E-state index contributed by atoms with van der Waals surface area (Å²) in [6.45, 7) is 2.64. The minimum absolute atomic E-state index is 0.205. The van der Waals surface area contributed by atoms with Crippen LogP contribution in [0.3, 0.4) is 0 Å². The molecule has 8 heteroatoms. The lowest BCUT2D eigenvalue weighted by Gasteiger charge is -2.07. The predicted octanol–water partition coefficient (Wildman–Crippen LogP) is 1.18. The normalized spacial score (nSPS) is 22.1. The Bertz CT molecular complexity index is 682. The number of hydrogen-bond acceptors (Lipinski definition) is 6. The Morgan fingerprint density at radius 3 is 2.95 bits per heavy atom. The summed E-state index contributed by atoms with van der Waals surface area (Å²) < 4.78 is 25.6.